The quantitative estimate of drug-likeness (QED) is 0.302. The molecule has 0 saturated carbocycles. The minimum Gasteiger partial charge on any atom is -0.457 e. The third-order valence-corrected chi connectivity index (χ3v) is 5.55. The smallest absolute Gasteiger partial charge is 0.294 e. The molecule has 0 unspecified atom stereocenters. The Morgan fingerprint density at radius 3 is 2.53 bits per heavy atom. The molecule has 0 spiro atoms. The van der Waals surface area contributed by atoms with Crippen LogP contribution in [0.4, 0.5) is 25.0 Å². The van der Waals surface area contributed by atoms with Gasteiger partial charge in [-0.05, 0) is 48.2 Å². The van der Waals surface area contributed by atoms with Crippen LogP contribution in [0.25, 0.3) is 17.4 Å². The summed E-state index contributed by atoms with van der Waals surface area (Å²) in [6.45, 7) is -0.662. The molecule has 1 aliphatic heterocycles. The molecule has 1 aromatic heterocycles. The number of anilines is 1. The van der Waals surface area contributed by atoms with Gasteiger partial charge in [0, 0.05) is 29.8 Å². The summed E-state index contributed by atoms with van der Waals surface area (Å²) in [7, 11) is 0. The number of nitro groups is 1. The standard InChI is InChI=1S/C22H13F2N3O6S/c23-13-3-7-17(16(24)9-13)25-20(28)11-26-21(29)19(34-22(26)30)10-15-6-8-18(33-15)12-1-4-14(5-2-12)27(31)32/h1-10H,11H2,(H,25,28). The van der Waals surface area contributed by atoms with E-state index in [4.69, 9.17) is 4.42 Å². The van der Waals surface area contributed by atoms with Gasteiger partial charge < -0.3 is 9.73 Å². The number of non-ortho nitro benzene ring substituents is 1. The summed E-state index contributed by atoms with van der Waals surface area (Å²) in [5, 5.41) is 12.3. The van der Waals surface area contributed by atoms with Crippen LogP contribution in [-0.2, 0) is 9.59 Å². The number of imide groups is 1. The molecule has 0 bridgehead atoms. The number of carbonyl (C=O) groups excluding carboxylic acids is 3. The van der Waals surface area contributed by atoms with Gasteiger partial charge in [0.2, 0.25) is 5.91 Å². The summed E-state index contributed by atoms with van der Waals surface area (Å²) in [6.07, 6.45) is 1.33. The molecule has 12 heteroatoms. The predicted octanol–water partition coefficient (Wildman–Crippen LogP) is 4.81. The lowest BCUT2D eigenvalue weighted by Gasteiger charge is -2.12. The van der Waals surface area contributed by atoms with E-state index in [9.17, 15) is 33.3 Å². The van der Waals surface area contributed by atoms with Crippen LogP contribution in [0.15, 0.2) is 63.9 Å². The number of halogens is 2. The molecule has 3 amide bonds. The predicted molar refractivity (Wildman–Crippen MR) is 118 cm³/mol. The van der Waals surface area contributed by atoms with E-state index in [1.807, 2.05) is 0 Å². The van der Waals surface area contributed by atoms with Gasteiger partial charge in [-0.15, -0.1) is 0 Å². The molecule has 172 valence electrons. The minimum absolute atomic E-state index is 0.00959. The van der Waals surface area contributed by atoms with Crippen molar-refractivity contribution >= 4 is 46.3 Å². The fourth-order valence-electron chi connectivity index (χ4n) is 3.02. The van der Waals surface area contributed by atoms with Crippen molar-refractivity contribution in [3.05, 3.63) is 87.0 Å². The molecule has 1 N–H and O–H groups in total. The molecule has 0 radical (unpaired) electrons. The molecule has 1 saturated heterocycles. The minimum atomic E-state index is -0.996. The third-order valence-electron chi connectivity index (χ3n) is 4.64. The zero-order chi connectivity index (χ0) is 24.4. The fraction of sp³-hybridized carbons (Fsp3) is 0.0455. The SMILES string of the molecule is O=C(CN1C(=O)SC(=Cc2ccc(-c3ccc([N+](=O)[O-])cc3)o2)C1=O)Nc1ccc(F)cc1F. The Balaban J connectivity index is 1.44. The summed E-state index contributed by atoms with van der Waals surface area (Å²) >= 11 is 0.600. The van der Waals surface area contributed by atoms with E-state index in [0.29, 0.717) is 34.1 Å². The zero-order valence-electron chi connectivity index (χ0n) is 17.0. The second-order valence-corrected chi connectivity index (χ2v) is 7.94. The highest BCUT2D eigenvalue weighted by Crippen LogP contribution is 2.33. The zero-order valence-corrected chi connectivity index (χ0v) is 17.8. The molecule has 1 aliphatic rings. The number of hydrogen-bond acceptors (Lipinski definition) is 7. The first kappa shape index (κ1) is 22.9. The number of amides is 3. The maximum absolute atomic E-state index is 13.7. The highest BCUT2D eigenvalue weighted by Gasteiger charge is 2.36. The maximum Gasteiger partial charge on any atom is 0.294 e. The van der Waals surface area contributed by atoms with Crippen LogP contribution in [0.3, 0.4) is 0 Å². The van der Waals surface area contributed by atoms with Crippen molar-refractivity contribution in [2.45, 2.75) is 0 Å². The van der Waals surface area contributed by atoms with Crippen LogP contribution < -0.4 is 5.32 Å². The van der Waals surface area contributed by atoms with Gasteiger partial charge in [-0.2, -0.15) is 0 Å². The topological polar surface area (TPSA) is 123 Å². The van der Waals surface area contributed by atoms with Crippen LogP contribution in [0.5, 0.6) is 0 Å². The van der Waals surface area contributed by atoms with Crippen LogP contribution in [0.2, 0.25) is 0 Å². The van der Waals surface area contributed by atoms with Gasteiger partial charge in [0.05, 0.1) is 15.5 Å². The molecule has 0 atom stereocenters. The molecule has 34 heavy (non-hydrogen) atoms. The summed E-state index contributed by atoms with van der Waals surface area (Å²) in [5.41, 5.74) is 0.210. The number of nitro benzene ring substituents is 1. The lowest BCUT2D eigenvalue weighted by Crippen LogP contribution is -2.36. The monoisotopic (exact) mass is 485 g/mol. The van der Waals surface area contributed by atoms with Crippen LogP contribution >= 0.6 is 11.8 Å². The first-order chi connectivity index (χ1) is 16.2. The van der Waals surface area contributed by atoms with Gasteiger partial charge in [-0.1, -0.05) is 0 Å². The maximum atomic E-state index is 13.7. The van der Waals surface area contributed by atoms with E-state index in [0.717, 1.165) is 12.1 Å². The molecule has 2 aromatic carbocycles. The molecule has 4 rings (SSSR count). The number of hydrogen-bond donors (Lipinski definition) is 1. The Kier molecular flexibility index (Phi) is 6.23. The summed E-state index contributed by atoms with van der Waals surface area (Å²) in [6, 6.07) is 11.4. The first-order valence-electron chi connectivity index (χ1n) is 9.56. The van der Waals surface area contributed by atoms with Crippen molar-refractivity contribution < 1.29 is 32.5 Å². The Labute approximate surface area is 194 Å². The lowest BCUT2D eigenvalue weighted by molar-refractivity contribution is -0.384. The third kappa shape index (κ3) is 4.86. The Bertz CT molecular complexity index is 1350. The van der Waals surface area contributed by atoms with Gasteiger partial charge in [0.15, 0.2) is 0 Å². The number of thioether (sulfide) groups is 1. The number of nitrogens with one attached hydrogen (secondary N) is 1. The average molecular weight is 485 g/mol. The van der Waals surface area contributed by atoms with E-state index in [1.165, 1.54) is 30.3 Å². The molecular formula is C22H13F2N3O6S. The van der Waals surface area contributed by atoms with Crippen LogP contribution in [0, 0.1) is 21.7 Å². The van der Waals surface area contributed by atoms with Crippen molar-refractivity contribution in [2.75, 3.05) is 11.9 Å². The van der Waals surface area contributed by atoms with Gasteiger partial charge in [0.25, 0.3) is 16.8 Å². The highest BCUT2D eigenvalue weighted by molar-refractivity contribution is 8.18. The van der Waals surface area contributed by atoms with Crippen molar-refractivity contribution in [3.63, 3.8) is 0 Å². The van der Waals surface area contributed by atoms with Gasteiger partial charge in [-0.3, -0.25) is 29.4 Å². The Hall–Kier alpha value is -4.32. The van der Waals surface area contributed by atoms with Crippen molar-refractivity contribution in [3.8, 4) is 11.3 Å². The van der Waals surface area contributed by atoms with Gasteiger partial charge in [0.1, 0.15) is 29.7 Å². The van der Waals surface area contributed by atoms with E-state index >= 15 is 0 Å². The van der Waals surface area contributed by atoms with E-state index in [-0.39, 0.29) is 22.0 Å². The van der Waals surface area contributed by atoms with Gasteiger partial charge >= 0.3 is 0 Å². The Morgan fingerprint density at radius 2 is 1.85 bits per heavy atom. The van der Waals surface area contributed by atoms with Crippen LogP contribution in [0.1, 0.15) is 5.76 Å². The first-order valence-corrected chi connectivity index (χ1v) is 10.4. The van der Waals surface area contributed by atoms with E-state index in [2.05, 4.69) is 5.32 Å². The number of nitrogens with zero attached hydrogens (tertiary/aromatic N) is 2. The van der Waals surface area contributed by atoms with E-state index in [1.54, 1.807) is 12.1 Å². The highest BCUT2D eigenvalue weighted by atomic mass is 32.2. The van der Waals surface area contributed by atoms with Crippen LogP contribution in [-0.4, -0.2) is 33.4 Å². The number of furan rings is 1. The van der Waals surface area contributed by atoms with Crippen molar-refractivity contribution in [2.24, 2.45) is 0 Å². The molecule has 1 fully saturated rings. The molecule has 2 heterocycles. The Morgan fingerprint density at radius 1 is 1.12 bits per heavy atom. The molecule has 9 nitrogen and oxygen atoms in total. The second-order valence-electron chi connectivity index (χ2n) is 6.95. The van der Waals surface area contributed by atoms with Crippen molar-refractivity contribution in [1.82, 2.24) is 4.90 Å². The van der Waals surface area contributed by atoms with Crippen molar-refractivity contribution in [1.29, 1.82) is 0 Å². The van der Waals surface area contributed by atoms with E-state index < -0.39 is 40.2 Å². The molecule has 0 aliphatic carbocycles. The molecule has 3 aromatic rings. The second kappa shape index (κ2) is 9.27. The summed E-state index contributed by atoms with van der Waals surface area (Å²) in [4.78, 5) is 48.0. The van der Waals surface area contributed by atoms with Gasteiger partial charge in [-0.25, -0.2) is 8.78 Å². The number of rotatable bonds is 6. The average Bonchev–Trinajstić information content (AvgIpc) is 3.36. The fourth-order valence-corrected chi connectivity index (χ4v) is 3.84. The lowest BCUT2D eigenvalue weighted by atomic mass is 10.1. The normalized spacial score (nSPS) is 14.6. The largest absolute Gasteiger partial charge is 0.457 e. The molecular weight excluding hydrogens is 472 g/mol. The number of benzene rings is 2. The summed E-state index contributed by atoms with van der Waals surface area (Å²) < 4.78 is 32.3. The summed E-state index contributed by atoms with van der Waals surface area (Å²) in [5.74, 6) is -2.76. The number of carbonyl (C=O) groups is 3.